The van der Waals surface area contributed by atoms with Gasteiger partial charge in [-0.2, -0.15) is 13.2 Å². The monoisotopic (exact) mass is 321 g/mol. The molecule has 0 saturated carbocycles. The lowest BCUT2D eigenvalue weighted by atomic mass is 10.1. The second-order valence-electron chi connectivity index (χ2n) is 4.28. The average molecular weight is 321 g/mol. The molecule has 0 aliphatic rings. The number of sulfonamides is 1. The maximum absolute atomic E-state index is 12.7. The first-order chi connectivity index (χ1) is 9.61. The fraction of sp³-hybridized carbons (Fsp3) is 0.273. The number of aromatic nitrogens is 2. The topological polar surface area (TPSA) is 85.1 Å². The lowest BCUT2D eigenvalue weighted by Gasteiger charge is -2.12. The minimum atomic E-state index is -4.64. The molecule has 6 nitrogen and oxygen atoms in total. The number of benzene rings is 1. The first-order valence-electron chi connectivity index (χ1n) is 5.61. The van der Waals surface area contributed by atoms with Crippen molar-refractivity contribution in [1.82, 2.24) is 10.3 Å². The lowest BCUT2D eigenvalue weighted by Crippen LogP contribution is -2.16. The molecule has 0 aliphatic carbocycles. The highest BCUT2D eigenvalue weighted by molar-refractivity contribution is 7.92. The maximum Gasteiger partial charge on any atom is 0.416 e. The zero-order valence-corrected chi connectivity index (χ0v) is 11.7. The van der Waals surface area contributed by atoms with E-state index in [2.05, 4.69) is 14.9 Å². The number of hydrogen-bond acceptors (Lipinski definition) is 5. The third kappa shape index (κ3) is 3.15. The molecule has 0 amide bonds. The van der Waals surface area contributed by atoms with Gasteiger partial charge in [-0.25, -0.2) is 13.0 Å². The predicted molar refractivity (Wildman–Crippen MR) is 66.0 cm³/mol. The third-order valence-electron chi connectivity index (χ3n) is 2.69. The van der Waals surface area contributed by atoms with Crippen molar-refractivity contribution in [2.24, 2.45) is 0 Å². The Balaban J connectivity index is 2.47. The number of halogens is 3. The van der Waals surface area contributed by atoms with E-state index >= 15 is 0 Å². The highest BCUT2D eigenvalue weighted by Crippen LogP contribution is 2.32. The minimum absolute atomic E-state index is 0.170. The Morgan fingerprint density at radius 2 is 1.86 bits per heavy atom. The number of nitrogens with one attached hydrogen (secondary N) is 1. The van der Waals surface area contributed by atoms with Gasteiger partial charge in [-0.15, -0.1) is 0 Å². The molecule has 1 aromatic heterocycles. The van der Waals surface area contributed by atoms with Crippen LogP contribution in [0.1, 0.15) is 16.8 Å². The lowest BCUT2D eigenvalue weighted by molar-refractivity contribution is -0.137. The van der Waals surface area contributed by atoms with Crippen molar-refractivity contribution in [1.29, 1.82) is 0 Å². The molecule has 0 aliphatic heterocycles. The van der Waals surface area contributed by atoms with E-state index < -0.39 is 26.7 Å². The smallest absolute Gasteiger partial charge is 0.259 e. The Morgan fingerprint density at radius 1 is 1.19 bits per heavy atom. The van der Waals surface area contributed by atoms with Crippen LogP contribution in [0.25, 0.3) is 0 Å². The first kappa shape index (κ1) is 15.3. The van der Waals surface area contributed by atoms with E-state index in [0.717, 1.165) is 12.1 Å². The van der Waals surface area contributed by atoms with E-state index in [4.69, 9.17) is 0 Å². The van der Waals surface area contributed by atoms with E-state index in [-0.39, 0.29) is 17.1 Å². The molecular formula is C11H10F3N3O3S. The van der Waals surface area contributed by atoms with Crippen molar-refractivity contribution in [2.45, 2.75) is 24.9 Å². The first-order valence-corrected chi connectivity index (χ1v) is 7.09. The van der Waals surface area contributed by atoms with Crippen LogP contribution in [0.3, 0.4) is 0 Å². The second-order valence-corrected chi connectivity index (χ2v) is 5.93. The maximum atomic E-state index is 12.7. The number of aryl methyl sites for hydroxylation is 2. The molecule has 0 saturated heterocycles. The molecule has 21 heavy (non-hydrogen) atoms. The van der Waals surface area contributed by atoms with Gasteiger partial charge in [0.1, 0.15) is 5.69 Å². The van der Waals surface area contributed by atoms with Crippen molar-refractivity contribution in [3.05, 3.63) is 35.0 Å². The number of alkyl halides is 3. The van der Waals surface area contributed by atoms with Crippen LogP contribution in [0.15, 0.2) is 27.7 Å². The van der Waals surface area contributed by atoms with Crippen LogP contribution in [0.5, 0.6) is 0 Å². The largest absolute Gasteiger partial charge is 0.416 e. The zero-order chi connectivity index (χ0) is 15.8. The SMILES string of the molecule is Cc1ccc(C(F)(F)F)cc1S(=O)(=O)Nc1nonc1C. The fourth-order valence-corrected chi connectivity index (χ4v) is 2.90. The van der Waals surface area contributed by atoms with Crippen LogP contribution >= 0.6 is 0 Å². The van der Waals surface area contributed by atoms with Gasteiger partial charge in [-0.3, -0.25) is 4.72 Å². The molecule has 0 fully saturated rings. The number of rotatable bonds is 3. The van der Waals surface area contributed by atoms with Crippen LogP contribution in [0, 0.1) is 13.8 Å². The standard InChI is InChI=1S/C11H10F3N3O3S/c1-6-3-4-8(11(12,13)14)5-9(6)21(18,19)17-10-7(2)15-20-16-10/h3-5H,1-2H3,(H,16,17). The molecular weight excluding hydrogens is 311 g/mol. The van der Waals surface area contributed by atoms with E-state index in [9.17, 15) is 21.6 Å². The van der Waals surface area contributed by atoms with Crippen LogP contribution in [-0.2, 0) is 16.2 Å². The summed E-state index contributed by atoms with van der Waals surface area (Å²) in [6.45, 7) is 2.83. The highest BCUT2D eigenvalue weighted by atomic mass is 32.2. The molecule has 0 spiro atoms. The van der Waals surface area contributed by atoms with Crippen molar-refractivity contribution in [3.8, 4) is 0 Å². The average Bonchev–Trinajstić information content (AvgIpc) is 2.73. The van der Waals surface area contributed by atoms with Gasteiger partial charge in [0, 0.05) is 0 Å². The van der Waals surface area contributed by atoms with Gasteiger partial charge in [0.05, 0.1) is 10.5 Å². The molecule has 114 valence electrons. The zero-order valence-electron chi connectivity index (χ0n) is 10.9. The molecule has 0 bridgehead atoms. The molecule has 1 heterocycles. The van der Waals surface area contributed by atoms with E-state index in [1.807, 2.05) is 4.72 Å². The van der Waals surface area contributed by atoms with Crippen molar-refractivity contribution < 1.29 is 26.2 Å². The van der Waals surface area contributed by atoms with E-state index in [1.165, 1.54) is 13.8 Å². The van der Waals surface area contributed by atoms with Gasteiger partial charge in [-0.05, 0) is 36.7 Å². The molecule has 2 rings (SSSR count). The van der Waals surface area contributed by atoms with Crippen molar-refractivity contribution in [3.63, 3.8) is 0 Å². The molecule has 0 unspecified atom stereocenters. The normalized spacial score (nSPS) is 12.4. The number of anilines is 1. The second kappa shape index (κ2) is 5.02. The van der Waals surface area contributed by atoms with Gasteiger partial charge in [0.15, 0.2) is 0 Å². The summed E-state index contributed by atoms with van der Waals surface area (Å²) in [6, 6.07) is 2.48. The van der Waals surface area contributed by atoms with Gasteiger partial charge in [0.25, 0.3) is 10.0 Å². The Hall–Kier alpha value is -2.10. The van der Waals surface area contributed by atoms with Crippen molar-refractivity contribution in [2.75, 3.05) is 4.72 Å². The van der Waals surface area contributed by atoms with Gasteiger partial charge < -0.3 is 0 Å². The minimum Gasteiger partial charge on any atom is -0.259 e. The number of hydrogen-bond donors (Lipinski definition) is 1. The third-order valence-corrected chi connectivity index (χ3v) is 4.17. The molecule has 10 heteroatoms. The summed E-state index contributed by atoms with van der Waals surface area (Å²) in [4.78, 5) is -0.486. The quantitative estimate of drug-likeness (QED) is 0.939. The van der Waals surface area contributed by atoms with Crippen LogP contribution in [-0.4, -0.2) is 18.7 Å². The molecule has 1 N–H and O–H groups in total. The Kier molecular flexibility index (Phi) is 3.66. The van der Waals surface area contributed by atoms with Crippen molar-refractivity contribution >= 4 is 15.8 Å². The summed E-state index contributed by atoms with van der Waals surface area (Å²) < 4.78 is 68.7. The molecule has 0 radical (unpaired) electrons. The summed E-state index contributed by atoms with van der Waals surface area (Å²) in [5.41, 5.74) is -0.712. The summed E-state index contributed by atoms with van der Waals surface area (Å²) in [5, 5.41) is 6.71. The summed E-state index contributed by atoms with van der Waals surface area (Å²) in [5.74, 6) is -0.174. The van der Waals surface area contributed by atoms with Crippen LogP contribution in [0.2, 0.25) is 0 Å². The number of nitrogens with zero attached hydrogens (tertiary/aromatic N) is 2. The van der Waals surface area contributed by atoms with Gasteiger partial charge in [-0.1, -0.05) is 11.2 Å². The summed E-state index contributed by atoms with van der Waals surface area (Å²) >= 11 is 0. The Labute approximate surface area is 118 Å². The Morgan fingerprint density at radius 3 is 2.38 bits per heavy atom. The Bertz CT molecular complexity index is 769. The van der Waals surface area contributed by atoms with Gasteiger partial charge in [0.2, 0.25) is 5.82 Å². The van der Waals surface area contributed by atoms with E-state index in [1.54, 1.807) is 0 Å². The fourth-order valence-electron chi connectivity index (χ4n) is 1.57. The van der Waals surface area contributed by atoms with E-state index in [0.29, 0.717) is 6.07 Å². The predicted octanol–water partition coefficient (Wildman–Crippen LogP) is 2.51. The van der Waals surface area contributed by atoms with Crippen LogP contribution < -0.4 is 4.72 Å². The summed E-state index contributed by atoms with van der Waals surface area (Å²) in [7, 11) is -4.23. The van der Waals surface area contributed by atoms with Crippen LogP contribution in [0.4, 0.5) is 19.0 Å². The summed E-state index contributed by atoms with van der Waals surface area (Å²) in [6.07, 6.45) is -4.64. The van der Waals surface area contributed by atoms with Gasteiger partial charge >= 0.3 is 6.18 Å². The molecule has 0 atom stereocenters. The highest BCUT2D eigenvalue weighted by Gasteiger charge is 2.32. The molecule has 1 aromatic carbocycles. The molecule has 2 aromatic rings.